The number of nitrogens with two attached hydrogens (primary N) is 1. The van der Waals surface area contributed by atoms with Gasteiger partial charge in [-0.2, -0.15) is 0 Å². The Morgan fingerprint density at radius 2 is 2.21 bits per heavy atom. The molecular weight excluding hydrogens is 268 g/mol. The number of halogens is 1. The lowest BCUT2D eigenvalue weighted by Crippen LogP contribution is -2.43. The molecule has 1 aromatic carbocycles. The molecule has 0 aliphatic carbocycles. The molecule has 0 aromatic heterocycles. The van der Waals surface area contributed by atoms with E-state index in [0.29, 0.717) is 10.7 Å². The Morgan fingerprint density at radius 3 is 2.79 bits per heavy atom. The van der Waals surface area contributed by atoms with Crippen LogP contribution in [0.5, 0.6) is 0 Å². The molecule has 0 spiro atoms. The number of carbonyl (C=O) groups excluding carboxylic acids is 1. The van der Waals surface area contributed by atoms with Gasteiger partial charge < -0.3 is 21.6 Å². The minimum absolute atomic E-state index is 0.0514. The van der Waals surface area contributed by atoms with Crippen molar-refractivity contribution in [2.45, 2.75) is 13.8 Å². The van der Waals surface area contributed by atoms with Crippen LogP contribution in [-0.4, -0.2) is 23.6 Å². The van der Waals surface area contributed by atoms with Crippen molar-refractivity contribution in [3.8, 4) is 0 Å². The smallest absolute Gasteiger partial charge is 0.319 e. The molecule has 7 heteroatoms. The third kappa shape index (κ3) is 4.67. The van der Waals surface area contributed by atoms with Gasteiger partial charge in [-0.25, -0.2) is 4.79 Å². The molecule has 0 heterocycles. The number of carbonyl (C=O) groups is 1. The maximum absolute atomic E-state index is 11.7. The molecule has 19 heavy (non-hydrogen) atoms. The summed E-state index contributed by atoms with van der Waals surface area (Å²) in [5.41, 5.74) is 5.47. The highest BCUT2D eigenvalue weighted by atomic mass is 35.5. The van der Waals surface area contributed by atoms with Crippen LogP contribution in [-0.2, 0) is 0 Å². The first-order valence-corrected chi connectivity index (χ1v) is 6.01. The van der Waals surface area contributed by atoms with Gasteiger partial charge in [0.1, 0.15) is 5.84 Å². The molecule has 0 radical (unpaired) electrons. The van der Waals surface area contributed by atoms with Crippen molar-refractivity contribution in [3.05, 3.63) is 29.3 Å². The first kappa shape index (κ1) is 15.1. The van der Waals surface area contributed by atoms with Gasteiger partial charge in [-0.1, -0.05) is 36.7 Å². The number of oxime groups is 1. The third-order valence-corrected chi connectivity index (χ3v) is 2.81. The minimum atomic E-state index is -0.638. The van der Waals surface area contributed by atoms with Crippen molar-refractivity contribution in [1.82, 2.24) is 5.32 Å². The highest BCUT2D eigenvalue weighted by Crippen LogP contribution is 2.15. The number of anilines is 1. The van der Waals surface area contributed by atoms with Gasteiger partial charge in [-0.3, -0.25) is 0 Å². The quantitative estimate of drug-likeness (QED) is 0.295. The molecule has 1 aromatic rings. The van der Waals surface area contributed by atoms with E-state index in [1.54, 1.807) is 38.1 Å². The molecule has 0 unspecified atom stereocenters. The number of amidine groups is 1. The molecule has 0 aliphatic heterocycles. The van der Waals surface area contributed by atoms with Crippen LogP contribution < -0.4 is 16.4 Å². The van der Waals surface area contributed by atoms with Crippen LogP contribution in [0.25, 0.3) is 0 Å². The molecule has 0 aliphatic rings. The van der Waals surface area contributed by atoms with Crippen LogP contribution >= 0.6 is 11.6 Å². The molecule has 5 N–H and O–H groups in total. The lowest BCUT2D eigenvalue weighted by atomic mass is 9.92. The summed E-state index contributed by atoms with van der Waals surface area (Å²) in [6, 6.07) is 6.42. The lowest BCUT2D eigenvalue weighted by molar-refractivity contribution is 0.248. The Kier molecular flexibility index (Phi) is 5.00. The highest BCUT2D eigenvalue weighted by molar-refractivity contribution is 6.30. The van der Waals surface area contributed by atoms with Crippen LogP contribution in [0.2, 0.25) is 5.02 Å². The summed E-state index contributed by atoms with van der Waals surface area (Å²) in [5.74, 6) is 0.0514. The maximum atomic E-state index is 11.7. The van der Waals surface area contributed by atoms with Crippen molar-refractivity contribution in [3.63, 3.8) is 0 Å². The molecule has 0 atom stereocenters. The molecule has 0 saturated heterocycles. The Hall–Kier alpha value is -1.95. The number of benzene rings is 1. The highest BCUT2D eigenvalue weighted by Gasteiger charge is 2.24. The molecule has 6 nitrogen and oxygen atoms in total. The van der Waals surface area contributed by atoms with E-state index in [4.69, 9.17) is 22.5 Å². The Balaban J connectivity index is 2.53. The van der Waals surface area contributed by atoms with Crippen LogP contribution in [0.4, 0.5) is 10.5 Å². The fourth-order valence-corrected chi connectivity index (χ4v) is 1.46. The van der Waals surface area contributed by atoms with Gasteiger partial charge in [0.05, 0.1) is 0 Å². The fraction of sp³-hybridized carbons (Fsp3) is 0.333. The van der Waals surface area contributed by atoms with Crippen LogP contribution in [0.15, 0.2) is 29.4 Å². The van der Waals surface area contributed by atoms with Crippen LogP contribution in [0.1, 0.15) is 13.8 Å². The molecule has 0 fully saturated rings. The summed E-state index contributed by atoms with van der Waals surface area (Å²) < 4.78 is 0. The fourth-order valence-electron chi connectivity index (χ4n) is 1.27. The molecular formula is C12H17ClN4O2. The third-order valence-electron chi connectivity index (χ3n) is 2.57. The number of nitrogens with one attached hydrogen (secondary N) is 2. The van der Waals surface area contributed by atoms with Gasteiger partial charge >= 0.3 is 6.03 Å². The maximum Gasteiger partial charge on any atom is 0.319 e. The van der Waals surface area contributed by atoms with Gasteiger partial charge in [0.15, 0.2) is 0 Å². The number of amides is 2. The number of nitrogens with zero attached hydrogens (tertiary/aromatic N) is 1. The van der Waals surface area contributed by atoms with E-state index in [2.05, 4.69) is 15.8 Å². The van der Waals surface area contributed by atoms with Gasteiger partial charge in [0, 0.05) is 22.7 Å². The van der Waals surface area contributed by atoms with Crippen LogP contribution in [0, 0.1) is 5.41 Å². The molecule has 0 bridgehead atoms. The summed E-state index contributed by atoms with van der Waals surface area (Å²) in [7, 11) is 0. The monoisotopic (exact) mass is 284 g/mol. The van der Waals surface area contributed by atoms with E-state index in [0.717, 1.165) is 0 Å². The average Bonchev–Trinajstić information content (AvgIpc) is 2.35. The lowest BCUT2D eigenvalue weighted by Gasteiger charge is -2.23. The Bertz CT molecular complexity index is 488. The minimum Gasteiger partial charge on any atom is -0.409 e. The van der Waals surface area contributed by atoms with Crippen molar-refractivity contribution in [1.29, 1.82) is 0 Å². The van der Waals surface area contributed by atoms with E-state index in [1.807, 2.05) is 0 Å². The average molecular weight is 285 g/mol. The summed E-state index contributed by atoms with van der Waals surface area (Å²) in [6.07, 6.45) is 0. The second-order valence-electron chi connectivity index (χ2n) is 4.69. The molecule has 1 rings (SSSR count). The first-order valence-electron chi connectivity index (χ1n) is 5.63. The summed E-state index contributed by atoms with van der Waals surface area (Å²) in [5, 5.41) is 17.4. The molecule has 104 valence electrons. The number of rotatable bonds is 4. The van der Waals surface area contributed by atoms with Gasteiger partial charge in [0.25, 0.3) is 0 Å². The molecule has 2 amide bonds. The Morgan fingerprint density at radius 1 is 1.53 bits per heavy atom. The van der Waals surface area contributed by atoms with E-state index >= 15 is 0 Å². The predicted octanol–water partition coefficient (Wildman–Crippen LogP) is 2.23. The van der Waals surface area contributed by atoms with Gasteiger partial charge in [-0.15, -0.1) is 0 Å². The largest absolute Gasteiger partial charge is 0.409 e. The van der Waals surface area contributed by atoms with Gasteiger partial charge in [-0.05, 0) is 18.2 Å². The normalized spacial score (nSPS) is 12.1. The zero-order chi connectivity index (χ0) is 14.5. The topological polar surface area (TPSA) is 99.7 Å². The van der Waals surface area contributed by atoms with E-state index in [1.165, 1.54) is 0 Å². The standard InChI is InChI=1S/C12H17ClN4O2/c1-12(2,10(14)17-19)7-15-11(18)16-9-5-3-4-8(13)6-9/h3-6,19H,7H2,1-2H3,(H2,14,17)(H2,15,16,18). The second kappa shape index (κ2) is 6.29. The number of hydrogen-bond donors (Lipinski definition) is 4. The van der Waals surface area contributed by atoms with Gasteiger partial charge in [0.2, 0.25) is 0 Å². The summed E-state index contributed by atoms with van der Waals surface area (Å²) >= 11 is 5.81. The van der Waals surface area contributed by atoms with Crippen molar-refractivity contribution in [2.24, 2.45) is 16.3 Å². The van der Waals surface area contributed by atoms with Crippen molar-refractivity contribution in [2.75, 3.05) is 11.9 Å². The second-order valence-corrected chi connectivity index (χ2v) is 5.12. The number of hydrogen-bond acceptors (Lipinski definition) is 3. The van der Waals surface area contributed by atoms with Crippen molar-refractivity contribution >= 4 is 29.2 Å². The zero-order valence-corrected chi connectivity index (χ0v) is 11.5. The van der Waals surface area contributed by atoms with E-state index in [-0.39, 0.29) is 18.4 Å². The predicted molar refractivity (Wildman–Crippen MR) is 75.7 cm³/mol. The van der Waals surface area contributed by atoms with Crippen LogP contribution in [0.3, 0.4) is 0 Å². The summed E-state index contributed by atoms with van der Waals surface area (Å²) in [6.45, 7) is 3.73. The van der Waals surface area contributed by atoms with Crippen molar-refractivity contribution < 1.29 is 10.0 Å². The van der Waals surface area contributed by atoms with E-state index in [9.17, 15) is 4.79 Å². The Labute approximate surface area is 116 Å². The summed E-state index contributed by atoms with van der Waals surface area (Å²) in [4.78, 5) is 11.7. The molecule has 0 saturated carbocycles. The number of urea groups is 1. The SMILES string of the molecule is CC(C)(CNC(=O)Nc1cccc(Cl)c1)/C(N)=N/O. The first-order chi connectivity index (χ1) is 8.85. The zero-order valence-electron chi connectivity index (χ0n) is 10.8. The van der Waals surface area contributed by atoms with E-state index < -0.39 is 5.41 Å².